The van der Waals surface area contributed by atoms with E-state index in [0.29, 0.717) is 45.3 Å². The van der Waals surface area contributed by atoms with Crippen LogP contribution in [0.5, 0.6) is 5.75 Å². The van der Waals surface area contributed by atoms with Gasteiger partial charge in [-0.1, -0.05) is 97.1 Å². The van der Waals surface area contributed by atoms with Crippen LogP contribution in [0.3, 0.4) is 0 Å². The minimum absolute atomic E-state index is 0.0456. The highest BCUT2D eigenvalue weighted by Crippen LogP contribution is 2.19. The van der Waals surface area contributed by atoms with Gasteiger partial charge in [-0.2, -0.15) is 0 Å². The molecular weight excluding hydrogens is 642 g/mol. The summed E-state index contributed by atoms with van der Waals surface area (Å²) in [7, 11) is 0. The number of hydrogen-bond acceptors (Lipinski definition) is 6. The van der Waals surface area contributed by atoms with Crippen LogP contribution in [0.2, 0.25) is 0 Å². The number of ether oxygens (including phenoxy) is 1. The van der Waals surface area contributed by atoms with Gasteiger partial charge in [-0.25, -0.2) is 0 Å². The number of fused-ring (bicyclic) bond motifs is 1. The lowest BCUT2D eigenvalue weighted by atomic mass is 10.0. The molecular formula is C42H49N3O6. The fraction of sp³-hybridized carbons (Fsp3) is 0.357. The Hall–Kier alpha value is -4.99. The number of hydrogen-bond donors (Lipinski definition) is 3. The summed E-state index contributed by atoms with van der Waals surface area (Å²) in [4.78, 5) is 44.8. The Bertz CT molecular complexity index is 1740. The van der Waals surface area contributed by atoms with E-state index in [2.05, 4.69) is 5.32 Å². The molecule has 4 aromatic carbocycles. The second-order valence-electron chi connectivity index (χ2n) is 13.0. The maximum atomic E-state index is 13.9. The summed E-state index contributed by atoms with van der Waals surface area (Å²) in [6.45, 7) is 1.10. The van der Waals surface area contributed by atoms with Crippen molar-refractivity contribution >= 4 is 28.5 Å². The van der Waals surface area contributed by atoms with Gasteiger partial charge < -0.3 is 30.1 Å². The van der Waals surface area contributed by atoms with Crippen LogP contribution in [-0.2, 0) is 33.8 Å². The molecule has 9 nitrogen and oxygen atoms in total. The van der Waals surface area contributed by atoms with Gasteiger partial charge in [0.2, 0.25) is 17.7 Å². The Morgan fingerprint density at radius 2 is 1.43 bits per heavy atom. The smallest absolute Gasteiger partial charge is 0.243 e. The first kappa shape index (κ1) is 37.3. The first-order valence-electron chi connectivity index (χ1n) is 17.9. The van der Waals surface area contributed by atoms with Crippen molar-refractivity contribution in [3.05, 3.63) is 126 Å². The Morgan fingerprint density at radius 3 is 2.20 bits per heavy atom. The molecule has 2 atom stereocenters. The molecule has 51 heavy (non-hydrogen) atoms. The number of carbonyl (C=O) groups is 3. The molecule has 4 aromatic rings. The monoisotopic (exact) mass is 691 g/mol. The van der Waals surface area contributed by atoms with Gasteiger partial charge in [-0.15, -0.1) is 0 Å². The van der Waals surface area contributed by atoms with Gasteiger partial charge in [0.15, 0.2) is 0 Å². The topological polar surface area (TPSA) is 119 Å². The van der Waals surface area contributed by atoms with Gasteiger partial charge >= 0.3 is 0 Å². The molecule has 0 radical (unpaired) electrons. The number of nitrogens with one attached hydrogen (secondary N) is 1. The molecule has 1 aliphatic rings. The predicted octanol–water partition coefficient (Wildman–Crippen LogP) is 5.22. The molecule has 3 amide bonds. The SMILES string of the molecule is O=C1N[C@@H](CCCO)CN(C(=O)Cc2ccc3ccccc3c2)C/C=C/CN(C(=O)CCc2ccc(OCc3ccccc3)cc2)[C@H]1CCCO. The average molecular weight is 692 g/mol. The Labute approximate surface area is 300 Å². The standard InChI is InChI=1S/C42H49N3O6/c46-26-8-14-37-30-44(41(49)29-34-16-20-35-12-4-5-13-36(35)28-34)24-6-7-25-45(39(15-9-27-47)42(50)43-37)40(48)23-19-32-17-21-38(22-18-32)51-31-33-10-2-1-3-11-33/h1-7,10-13,16-18,20-22,28,37,39,46-47H,8-9,14-15,19,23-27,29-31H2,(H,43,50)/b7-6+/t37-,39-/m0/s1. The number of aryl methyl sites for hydroxylation is 1. The molecule has 0 saturated heterocycles. The molecule has 0 unspecified atom stereocenters. The van der Waals surface area contributed by atoms with Gasteiger partial charge in [-0.3, -0.25) is 14.4 Å². The van der Waals surface area contributed by atoms with E-state index in [1.54, 1.807) is 9.80 Å². The van der Waals surface area contributed by atoms with Crippen molar-refractivity contribution in [1.29, 1.82) is 0 Å². The molecule has 0 saturated carbocycles. The Morgan fingerprint density at radius 1 is 0.745 bits per heavy atom. The molecule has 1 aliphatic heterocycles. The first-order chi connectivity index (χ1) is 24.9. The zero-order chi connectivity index (χ0) is 35.8. The summed E-state index contributed by atoms with van der Waals surface area (Å²) in [5, 5.41) is 24.6. The summed E-state index contributed by atoms with van der Waals surface area (Å²) in [6.07, 6.45) is 6.21. The zero-order valence-corrected chi connectivity index (χ0v) is 29.2. The highest BCUT2D eigenvalue weighted by Gasteiger charge is 2.31. The zero-order valence-electron chi connectivity index (χ0n) is 29.2. The van der Waals surface area contributed by atoms with Crippen LogP contribution < -0.4 is 10.1 Å². The molecule has 0 spiro atoms. The average Bonchev–Trinajstić information content (AvgIpc) is 3.18. The van der Waals surface area contributed by atoms with Crippen LogP contribution in [0.1, 0.15) is 48.8 Å². The van der Waals surface area contributed by atoms with Crippen molar-refractivity contribution < 1.29 is 29.3 Å². The maximum absolute atomic E-state index is 13.9. The lowest BCUT2D eigenvalue weighted by molar-refractivity contribution is -0.140. The van der Waals surface area contributed by atoms with Crippen LogP contribution in [0.4, 0.5) is 0 Å². The summed E-state index contributed by atoms with van der Waals surface area (Å²) < 4.78 is 5.90. The molecule has 1 heterocycles. The molecule has 0 fully saturated rings. The van der Waals surface area contributed by atoms with E-state index in [4.69, 9.17) is 4.74 Å². The highest BCUT2D eigenvalue weighted by atomic mass is 16.5. The van der Waals surface area contributed by atoms with Crippen molar-refractivity contribution in [2.24, 2.45) is 0 Å². The highest BCUT2D eigenvalue weighted by molar-refractivity contribution is 5.88. The van der Waals surface area contributed by atoms with E-state index in [-0.39, 0.29) is 56.9 Å². The van der Waals surface area contributed by atoms with Gasteiger partial charge in [0.05, 0.1) is 6.42 Å². The summed E-state index contributed by atoms with van der Waals surface area (Å²) in [6, 6.07) is 30.5. The number of nitrogens with zero attached hydrogens (tertiary/aromatic N) is 2. The van der Waals surface area contributed by atoms with Crippen LogP contribution in [-0.4, -0.2) is 82.7 Å². The summed E-state index contributed by atoms with van der Waals surface area (Å²) >= 11 is 0. The van der Waals surface area contributed by atoms with Crippen molar-refractivity contribution in [3.8, 4) is 5.75 Å². The van der Waals surface area contributed by atoms with Gasteiger partial charge in [0.25, 0.3) is 0 Å². The van der Waals surface area contributed by atoms with Crippen LogP contribution in [0.25, 0.3) is 10.8 Å². The normalized spacial score (nSPS) is 17.4. The number of aliphatic hydroxyl groups excluding tert-OH is 2. The third-order valence-electron chi connectivity index (χ3n) is 9.25. The van der Waals surface area contributed by atoms with Crippen molar-refractivity contribution in [3.63, 3.8) is 0 Å². The van der Waals surface area contributed by atoms with Gasteiger partial charge in [0.1, 0.15) is 18.4 Å². The molecule has 0 bridgehead atoms. The van der Waals surface area contributed by atoms with Gasteiger partial charge in [0, 0.05) is 45.3 Å². The Kier molecular flexibility index (Phi) is 14.2. The molecule has 9 heteroatoms. The molecule has 0 aliphatic carbocycles. The van der Waals surface area contributed by atoms with Crippen LogP contribution >= 0.6 is 0 Å². The van der Waals surface area contributed by atoms with E-state index in [1.165, 1.54) is 0 Å². The number of aliphatic hydroxyl groups is 2. The third kappa shape index (κ3) is 11.3. The Balaban J connectivity index is 1.27. The lowest BCUT2D eigenvalue weighted by Gasteiger charge is -2.32. The van der Waals surface area contributed by atoms with E-state index >= 15 is 0 Å². The molecule has 3 N–H and O–H groups in total. The minimum atomic E-state index is -0.792. The maximum Gasteiger partial charge on any atom is 0.243 e. The predicted molar refractivity (Wildman–Crippen MR) is 199 cm³/mol. The number of amides is 3. The van der Waals surface area contributed by atoms with E-state index in [0.717, 1.165) is 33.2 Å². The van der Waals surface area contributed by atoms with E-state index < -0.39 is 12.1 Å². The second kappa shape index (κ2) is 19.4. The summed E-state index contributed by atoms with van der Waals surface area (Å²) in [5.41, 5.74) is 2.96. The molecule has 268 valence electrons. The largest absolute Gasteiger partial charge is 0.489 e. The minimum Gasteiger partial charge on any atom is -0.489 e. The second-order valence-corrected chi connectivity index (χ2v) is 13.0. The van der Waals surface area contributed by atoms with Crippen molar-refractivity contribution in [1.82, 2.24) is 15.1 Å². The van der Waals surface area contributed by atoms with Crippen LogP contribution in [0.15, 0.2) is 109 Å². The number of carbonyl (C=O) groups excluding carboxylic acids is 3. The first-order valence-corrected chi connectivity index (χ1v) is 17.9. The lowest BCUT2D eigenvalue weighted by Crippen LogP contribution is -2.54. The number of benzene rings is 4. The molecule has 5 rings (SSSR count). The van der Waals surface area contributed by atoms with E-state index in [1.807, 2.05) is 109 Å². The third-order valence-corrected chi connectivity index (χ3v) is 9.25. The number of rotatable bonds is 14. The van der Waals surface area contributed by atoms with Gasteiger partial charge in [-0.05, 0) is 71.7 Å². The fourth-order valence-electron chi connectivity index (χ4n) is 6.42. The fourth-order valence-corrected chi connectivity index (χ4v) is 6.42. The quantitative estimate of drug-likeness (QED) is 0.156. The van der Waals surface area contributed by atoms with Crippen molar-refractivity contribution in [2.45, 2.75) is 63.6 Å². The summed E-state index contributed by atoms with van der Waals surface area (Å²) in [5.74, 6) is 0.181. The van der Waals surface area contributed by atoms with Crippen LogP contribution in [0, 0.1) is 0 Å². The molecule has 0 aromatic heterocycles. The van der Waals surface area contributed by atoms with E-state index in [9.17, 15) is 24.6 Å². The van der Waals surface area contributed by atoms with Crippen molar-refractivity contribution in [2.75, 3.05) is 32.8 Å².